The summed E-state index contributed by atoms with van der Waals surface area (Å²) in [7, 11) is 0. The lowest BCUT2D eigenvalue weighted by Crippen LogP contribution is -2.12. The standard InChI is InChI=1S/C12H20O/c1-12(2,3)9-5-7-10-6-4-8-11(10)13/h10-11,13H,4,6-8H2,1-3H3/t10-,11+/m0/s1. The molecule has 0 saturated heterocycles. The topological polar surface area (TPSA) is 20.2 Å². The second-order valence-electron chi connectivity index (χ2n) is 5.01. The van der Waals surface area contributed by atoms with Crippen LogP contribution in [0.3, 0.4) is 0 Å². The Hall–Kier alpha value is -0.480. The van der Waals surface area contributed by atoms with Gasteiger partial charge in [0.05, 0.1) is 6.10 Å². The van der Waals surface area contributed by atoms with Gasteiger partial charge in [0.15, 0.2) is 0 Å². The molecule has 1 rings (SSSR count). The first-order valence-corrected chi connectivity index (χ1v) is 5.17. The van der Waals surface area contributed by atoms with Gasteiger partial charge in [-0.1, -0.05) is 12.3 Å². The van der Waals surface area contributed by atoms with Crippen LogP contribution in [0.15, 0.2) is 0 Å². The molecule has 0 amide bonds. The third kappa shape index (κ3) is 3.83. The SMILES string of the molecule is CC(C)(C)C#CC[C@@H]1CCC[C@H]1O. The van der Waals surface area contributed by atoms with E-state index in [1.165, 1.54) is 6.42 Å². The van der Waals surface area contributed by atoms with E-state index in [9.17, 15) is 5.11 Å². The lowest BCUT2D eigenvalue weighted by Gasteiger charge is -2.11. The van der Waals surface area contributed by atoms with Crippen molar-refractivity contribution >= 4 is 0 Å². The molecule has 0 spiro atoms. The van der Waals surface area contributed by atoms with E-state index in [-0.39, 0.29) is 11.5 Å². The second kappa shape index (κ2) is 4.15. The number of hydrogen-bond donors (Lipinski definition) is 1. The van der Waals surface area contributed by atoms with Crippen LogP contribution in [0.25, 0.3) is 0 Å². The van der Waals surface area contributed by atoms with E-state index in [4.69, 9.17) is 0 Å². The van der Waals surface area contributed by atoms with Crippen molar-refractivity contribution in [1.82, 2.24) is 0 Å². The van der Waals surface area contributed by atoms with E-state index in [0.29, 0.717) is 5.92 Å². The fourth-order valence-corrected chi connectivity index (χ4v) is 1.70. The quantitative estimate of drug-likeness (QED) is 0.615. The Morgan fingerprint density at radius 1 is 1.31 bits per heavy atom. The van der Waals surface area contributed by atoms with E-state index in [2.05, 4.69) is 32.6 Å². The minimum absolute atomic E-state index is 0.0886. The summed E-state index contributed by atoms with van der Waals surface area (Å²) in [6, 6.07) is 0. The van der Waals surface area contributed by atoms with Gasteiger partial charge in [0.1, 0.15) is 0 Å². The van der Waals surface area contributed by atoms with Gasteiger partial charge in [0.25, 0.3) is 0 Å². The normalized spacial score (nSPS) is 28.3. The lowest BCUT2D eigenvalue weighted by molar-refractivity contribution is 0.135. The van der Waals surface area contributed by atoms with Gasteiger partial charge in [0.2, 0.25) is 0 Å². The number of hydrogen-bond acceptors (Lipinski definition) is 1. The van der Waals surface area contributed by atoms with Gasteiger partial charge in [-0.15, -0.1) is 5.92 Å². The van der Waals surface area contributed by atoms with Crippen LogP contribution in [0.2, 0.25) is 0 Å². The van der Waals surface area contributed by atoms with Crippen molar-refractivity contribution in [2.45, 2.75) is 52.6 Å². The van der Waals surface area contributed by atoms with Gasteiger partial charge in [-0.05, 0) is 39.5 Å². The summed E-state index contributed by atoms with van der Waals surface area (Å²) in [5, 5.41) is 9.55. The van der Waals surface area contributed by atoms with E-state index in [0.717, 1.165) is 19.3 Å². The Labute approximate surface area is 81.5 Å². The fourth-order valence-electron chi connectivity index (χ4n) is 1.70. The number of aliphatic hydroxyl groups excluding tert-OH is 1. The average molecular weight is 180 g/mol. The molecule has 1 heteroatoms. The Bertz CT molecular complexity index is 214. The highest BCUT2D eigenvalue weighted by Crippen LogP contribution is 2.27. The third-order valence-corrected chi connectivity index (χ3v) is 2.45. The molecule has 0 aromatic rings. The first kappa shape index (κ1) is 10.6. The molecule has 0 unspecified atom stereocenters. The molecular formula is C12H20O. The van der Waals surface area contributed by atoms with Gasteiger partial charge in [0, 0.05) is 11.8 Å². The fraction of sp³-hybridized carbons (Fsp3) is 0.833. The molecule has 0 aromatic carbocycles. The Morgan fingerprint density at radius 3 is 2.46 bits per heavy atom. The van der Waals surface area contributed by atoms with Crippen LogP contribution >= 0.6 is 0 Å². The van der Waals surface area contributed by atoms with E-state index >= 15 is 0 Å². The number of rotatable bonds is 1. The van der Waals surface area contributed by atoms with Crippen LogP contribution in [0, 0.1) is 23.2 Å². The Kier molecular flexibility index (Phi) is 3.39. The van der Waals surface area contributed by atoms with Crippen molar-refractivity contribution in [2.75, 3.05) is 0 Å². The van der Waals surface area contributed by atoms with Crippen molar-refractivity contribution in [3.05, 3.63) is 0 Å². The summed E-state index contributed by atoms with van der Waals surface area (Å²) < 4.78 is 0. The zero-order chi connectivity index (χ0) is 9.90. The first-order chi connectivity index (χ1) is 5.99. The molecule has 0 heterocycles. The van der Waals surface area contributed by atoms with Crippen LogP contribution in [0.5, 0.6) is 0 Å². The summed E-state index contributed by atoms with van der Waals surface area (Å²) in [6.45, 7) is 6.35. The smallest absolute Gasteiger partial charge is 0.0577 e. The highest BCUT2D eigenvalue weighted by atomic mass is 16.3. The summed E-state index contributed by atoms with van der Waals surface area (Å²) in [4.78, 5) is 0. The van der Waals surface area contributed by atoms with Gasteiger partial charge in [-0.3, -0.25) is 0 Å². The van der Waals surface area contributed by atoms with Gasteiger partial charge < -0.3 is 5.11 Å². The molecule has 74 valence electrons. The first-order valence-electron chi connectivity index (χ1n) is 5.17. The molecular weight excluding hydrogens is 160 g/mol. The van der Waals surface area contributed by atoms with Crippen molar-refractivity contribution in [2.24, 2.45) is 11.3 Å². The maximum absolute atomic E-state index is 9.55. The van der Waals surface area contributed by atoms with Crippen molar-refractivity contribution in [1.29, 1.82) is 0 Å². The zero-order valence-electron chi connectivity index (χ0n) is 8.93. The molecule has 1 aliphatic carbocycles. The molecule has 1 N–H and O–H groups in total. The minimum atomic E-state index is -0.0886. The van der Waals surface area contributed by atoms with E-state index < -0.39 is 0 Å². The maximum atomic E-state index is 9.55. The average Bonchev–Trinajstić information content (AvgIpc) is 2.34. The van der Waals surface area contributed by atoms with Crippen molar-refractivity contribution in [3.8, 4) is 11.8 Å². The molecule has 1 fully saturated rings. The van der Waals surface area contributed by atoms with Gasteiger partial charge in [-0.25, -0.2) is 0 Å². The van der Waals surface area contributed by atoms with Crippen LogP contribution in [-0.4, -0.2) is 11.2 Å². The molecule has 1 aliphatic rings. The van der Waals surface area contributed by atoms with E-state index in [1.807, 2.05) is 0 Å². The molecule has 0 bridgehead atoms. The number of aliphatic hydroxyl groups is 1. The van der Waals surface area contributed by atoms with Crippen molar-refractivity contribution < 1.29 is 5.11 Å². The summed E-state index contributed by atoms with van der Waals surface area (Å²) in [5.74, 6) is 6.84. The molecule has 0 aliphatic heterocycles. The summed E-state index contributed by atoms with van der Waals surface area (Å²) in [5.41, 5.74) is 0.101. The molecule has 1 saturated carbocycles. The Morgan fingerprint density at radius 2 is 2.00 bits per heavy atom. The van der Waals surface area contributed by atoms with E-state index in [1.54, 1.807) is 0 Å². The zero-order valence-corrected chi connectivity index (χ0v) is 8.93. The summed E-state index contributed by atoms with van der Waals surface area (Å²) >= 11 is 0. The second-order valence-corrected chi connectivity index (χ2v) is 5.01. The summed E-state index contributed by atoms with van der Waals surface area (Å²) in [6.07, 6.45) is 4.08. The molecule has 0 radical (unpaired) electrons. The Balaban J connectivity index is 2.36. The largest absolute Gasteiger partial charge is 0.393 e. The highest BCUT2D eigenvalue weighted by Gasteiger charge is 2.23. The lowest BCUT2D eigenvalue weighted by atomic mass is 9.96. The van der Waals surface area contributed by atoms with Crippen LogP contribution in [0.4, 0.5) is 0 Å². The third-order valence-electron chi connectivity index (χ3n) is 2.45. The highest BCUT2D eigenvalue weighted by molar-refractivity contribution is 5.08. The molecule has 0 aromatic heterocycles. The van der Waals surface area contributed by atoms with Gasteiger partial charge in [-0.2, -0.15) is 0 Å². The van der Waals surface area contributed by atoms with Crippen LogP contribution in [0.1, 0.15) is 46.5 Å². The molecule has 1 nitrogen and oxygen atoms in total. The molecule has 2 atom stereocenters. The van der Waals surface area contributed by atoms with Crippen LogP contribution in [-0.2, 0) is 0 Å². The van der Waals surface area contributed by atoms with Gasteiger partial charge >= 0.3 is 0 Å². The van der Waals surface area contributed by atoms with Crippen LogP contribution < -0.4 is 0 Å². The monoisotopic (exact) mass is 180 g/mol. The minimum Gasteiger partial charge on any atom is -0.393 e. The predicted octanol–water partition coefficient (Wildman–Crippen LogP) is 2.59. The maximum Gasteiger partial charge on any atom is 0.0577 e. The predicted molar refractivity (Wildman–Crippen MR) is 55.2 cm³/mol. The van der Waals surface area contributed by atoms with Crippen molar-refractivity contribution in [3.63, 3.8) is 0 Å². The molecule has 13 heavy (non-hydrogen) atoms.